The molecule has 5 heteroatoms. The average molecular weight is 328 g/mol. The van der Waals surface area contributed by atoms with Crippen molar-refractivity contribution < 1.29 is 14.6 Å². The molecule has 1 saturated carbocycles. The molecule has 2 rings (SSSR count). The third-order valence-electron chi connectivity index (χ3n) is 4.38. The van der Waals surface area contributed by atoms with Gasteiger partial charge in [-0.2, -0.15) is 0 Å². The first-order valence-electron chi connectivity index (χ1n) is 7.62. The maximum atomic E-state index is 11.1. The molecule has 4 nitrogen and oxygen atoms in total. The predicted octanol–water partition coefficient (Wildman–Crippen LogP) is 2.98. The van der Waals surface area contributed by atoms with Gasteiger partial charge in [-0.25, -0.2) is 0 Å². The monoisotopic (exact) mass is 327 g/mol. The number of hydrogen-bond donors (Lipinski definition) is 1. The van der Waals surface area contributed by atoms with Gasteiger partial charge in [-0.3, -0.25) is 4.79 Å². The lowest BCUT2D eigenvalue weighted by molar-refractivity contribution is -0.120. The summed E-state index contributed by atoms with van der Waals surface area (Å²) in [4.78, 5) is 12.5. The van der Waals surface area contributed by atoms with Crippen LogP contribution in [0.1, 0.15) is 43.6 Å². The molecule has 1 unspecified atom stereocenters. The van der Waals surface area contributed by atoms with Gasteiger partial charge >= 0.3 is 0 Å². The molecule has 124 valence electrons. The van der Waals surface area contributed by atoms with E-state index in [0.29, 0.717) is 12.2 Å². The minimum atomic E-state index is -0.629. The van der Waals surface area contributed by atoms with E-state index in [1.807, 2.05) is 26.2 Å². The van der Waals surface area contributed by atoms with E-state index in [-0.39, 0.29) is 18.3 Å². The normalized spacial score (nSPS) is 18.4. The largest absolute Gasteiger partial charge is 0.429 e. The Kier molecular flexibility index (Phi) is 7.33. The molecule has 1 aromatic carbocycles. The van der Waals surface area contributed by atoms with Gasteiger partial charge in [0.25, 0.3) is 6.47 Å². The molecule has 0 aliphatic heterocycles. The van der Waals surface area contributed by atoms with Gasteiger partial charge in [-0.15, -0.1) is 12.4 Å². The number of likely N-dealkylation sites (N-methyl/N-ethyl adjacent to an activating group) is 1. The van der Waals surface area contributed by atoms with Gasteiger partial charge in [0.05, 0.1) is 5.60 Å². The van der Waals surface area contributed by atoms with Crippen LogP contribution in [-0.4, -0.2) is 42.7 Å². The highest BCUT2D eigenvalue weighted by molar-refractivity contribution is 5.85. The van der Waals surface area contributed by atoms with Crippen LogP contribution < -0.4 is 4.74 Å². The number of aliphatic hydroxyl groups is 1. The number of rotatable bonds is 6. The zero-order chi connectivity index (χ0) is 15.3. The molecule has 0 saturated heterocycles. The molecule has 1 aliphatic carbocycles. The van der Waals surface area contributed by atoms with Gasteiger partial charge in [0, 0.05) is 12.5 Å². The molecule has 1 aromatic rings. The number of ether oxygens (including phenoxy) is 1. The molecular weight excluding hydrogens is 302 g/mol. The standard InChI is InChI=1S/C17H25NO3.ClH/c1-18(2)12-16(17(20)10-4-3-5-11-17)14-6-8-15(9-7-14)21-13-19;/h6-9,13,16,20H,3-5,10-12H2,1-2H3;1H. The van der Waals surface area contributed by atoms with Crippen molar-refractivity contribution in [1.29, 1.82) is 0 Å². The highest BCUT2D eigenvalue weighted by Gasteiger charge is 2.38. The maximum Gasteiger partial charge on any atom is 0.298 e. The Morgan fingerprint density at radius 2 is 1.82 bits per heavy atom. The molecule has 0 bridgehead atoms. The van der Waals surface area contributed by atoms with Crippen LogP contribution in [0.15, 0.2) is 24.3 Å². The van der Waals surface area contributed by atoms with E-state index in [4.69, 9.17) is 4.74 Å². The summed E-state index contributed by atoms with van der Waals surface area (Å²) in [5, 5.41) is 11.1. The number of carbonyl (C=O) groups excluding carboxylic acids is 1. The van der Waals surface area contributed by atoms with Crippen molar-refractivity contribution >= 4 is 18.9 Å². The van der Waals surface area contributed by atoms with Crippen LogP contribution in [0.5, 0.6) is 5.75 Å². The van der Waals surface area contributed by atoms with Crippen molar-refractivity contribution in [3.8, 4) is 5.75 Å². The summed E-state index contributed by atoms with van der Waals surface area (Å²) >= 11 is 0. The van der Waals surface area contributed by atoms with E-state index in [2.05, 4.69) is 4.90 Å². The van der Waals surface area contributed by atoms with Crippen LogP contribution in [0.4, 0.5) is 0 Å². The quantitative estimate of drug-likeness (QED) is 0.816. The van der Waals surface area contributed by atoms with Crippen LogP contribution in [-0.2, 0) is 4.79 Å². The maximum absolute atomic E-state index is 11.1. The van der Waals surface area contributed by atoms with Gasteiger partial charge in [0.15, 0.2) is 0 Å². The zero-order valence-electron chi connectivity index (χ0n) is 13.3. The van der Waals surface area contributed by atoms with Gasteiger partial charge in [0.2, 0.25) is 0 Å². The Labute approximate surface area is 138 Å². The van der Waals surface area contributed by atoms with Gasteiger partial charge in [0.1, 0.15) is 5.75 Å². The summed E-state index contributed by atoms with van der Waals surface area (Å²) in [5.74, 6) is 0.617. The second-order valence-corrected chi connectivity index (χ2v) is 6.26. The van der Waals surface area contributed by atoms with Crippen LogP contribution >= 0.6 is 12.4 Å². The molecule has 1 fully saturated rings. The topological polar surface area (TPSA) is 49.8 Å². The molecule has 0 radical (unpaired) electrons. The van der Waals surface area contributed by atoms with Crippen LogP contribution in [0.25, 0.3) is 0 Å². The van der Waals surface area contributed by atoms with Crippen molar-refractivity contribution in [2.24, 2.45) is 0 Å². The molecule has 22 heavy (non-hydrogen) atoms. The zero-order valence-corrected chi connectivity index (χ0v) is 14.1. The van der Waals surface area contributed by atoms with Crippen molar-refractivity contribution in [3.05, 3.63) is 29.8 Å². The molecule has 1 aliphatic rings. The Hall–Kier alpha value is -1.10. The van der Waals surface area contributed by atoms with Crippen molar-refractivity contribution in [3.63, 3.8) is 0 Å². The number of hydrogen-bond acceptors (Lipinski definition) is 4. The number of carbonyl (C=O) groups is 1. The highest BCUT2D eigenvalue weighted by atomic mass is 35.5. The Bertz CT molecular complexity index is 455. The van der Waals surface area contributed by atoms with E-state index < -0.39 is 5.60 Å². The fourth-order valence-corrected chi connectivity index (χ4v) is 3.30. The first-order chi connectivity index (χ1) is 10.0. The SMILES string of the molecule is CN(C)CC(c1ccc(OC=O)cc1)C1(O)CCCCC1.Cl. The van der Waals surface area contributed by atoms with E-state index in [0.717, 1.165) is 37.8 Å². The fourth-order valence-electron chi connectivity index (χ4n) is 3.30. The molecule has 0 heterocycles. The first-order valence-corrected chi connectivity index (χ1v) is 7.62. The fraction of sp³-hybridized carbons (Fsp3) is 0.588. The highest BCUT2D eigenvalue weighted by Crippen LogP contribution is 2.40. The summed E-state index contributed by atoms with van der Waals surface area (Å²) in [6.45, 7) is 1.24. The van der Waals surface area contributed by atoms with Gasteiger partial charge < -0.3 is 14.7 Å². The summed E-state index contributed by atoms with van der Waals surface area (Å²) in [6, 6.07) is 7.50. The van der Waals surface area contributed by atoms with E-state index >= 15 is 0 Å². The summed E-state index contributed by atoms with van der Waals surface area (Å²) in [5.41, 5.74) is 0.474. The van der Waals surface area contributed by atoms with Crippen molar-refractivity contribution in [1.82, 2.24) is 4.90 Å². The van der Waals surface area contributed by atoms with Crippen molar-refractivity contribution in [2.45, 2.75) is 43.6 Å². The third-order valence-corrected chi connectivity index (χ3v) is 4.38. The average Bonchev–Trinajstić information content (AvgIpc) is 2.47. The number of benzene rings is 1. The second-order valence-electron chi connectivity index (χ2n) is 6.26. The smallest absolute Gasteiger partial charge is 0.298 e. The van der Waals surface area contributed by atoms with Gasteiger partial charge in [-0.05, 0) is 44.6 Å². The van der Waals surface area contributed by atoms with Gasteiger partial charge in [-0.1, -0.05) is 31.4 Å². The Morgan fingerprint density at radius 3 is 2.32 bits per heavy atom. The minimum absolute atomic E-state index is 0. The van der Waals surface area contributed by atoms with E-state index in [1.165, 1.54) is 6.42 Å². The number of nitrogens with zero attached hydrogens (tertiary/aromatic N) is 1. The third kappa shape index (κ3) is 4.70. The van der Waals surface area contributed by atoms with E-state index in [9.17, 15) is 9.90 Å². The lowest BCUT2D eigenvalue weighted by Gasteiger charge is -2.40. The summed E-state index contributed by atoms with van der Waals surface area (Å²) < 4.78 is 4.84. The molecular formula is C17H26ClNO3. The minimum Gasteiger partial charge on any atom is -0.429 e. The Balaban J connectivity index is 0.00000242. The molecule has 1 N–H and O–H groups in total. The summed E-state index contributed by atoms with van der Waals surface area (Å²) in [7, 11) is 4.06. The van der Waals surface area contributed by atoms with Crippen LogP contribution in [0.2, 0.25) is 0 Å². The lowest BCUT2D eigenvalue weighted by Crippen LogP contribution is -2.42. The predicted molar refractivity (Wildman–Crippen MR) is 89.7 cm³/mol. The molecule has 0 spiro atoms. The van der Waals surface area contributed by atoms with Crippen molar-refractivity contribution in [2.75, 3.05) is 20.6 Å². The molecule has 1 atom stereocenters. The number of halogens is 1. The van der Waals surface area contributed by atoms with E-state index in [1.54, 1.807) is 12.1 Å². The van der Waals surface area contributed by atoms with Crippen LogP contribution in [0, 0.1) is 0 Å². The summed E-state index contributed by atoms with van der Waals surface area (Å²) in [6.07, 6.45) is 5.11. The first kappa shape index (κ1) is 18.9. The van der Waals surface area contributed by atoms with Crippen LogP contribution in [0.3, 0.4) is 0 Å². The Morgan fingerprint density at radius 1 is 1.23 bits per heavy atom. The lowest BCUT2D eigenvalue weighted by atomic mass is 9.72. The second kappa shape index (κ2) is 8.51. The molecule has 0 aromatic heterocycles. The molecule has 0 amide bonds.